The molecule has 0 atom stereocenters. The molecular weight excluding hydrogens is 262 g/mol. The third kappa shape index (κ3) is 3.79. The number of guanidine groups is 1. The van der Waals surface area contributed by atoms with Crippen molar-refractivity contribution in [1.82, 2.24) is 9.97 Å². The lowest BCUT2D eigenvalue weighted by Crippen LogP contribution is -2.22. The normalized spacial score (nSPS) is 10.6. The summed E-state index contributed by atoms with van der Waals surface area (Å²) in [6.45, 7) is 0. The molecule has 0 unspecified atom stereocenters. The molecule has 0 bridgehead atoms. The highest BCUT2D eigenvalue weighted by molar-refractivity contribution is 6.30. The molecule has 6 heteroatoms. The van der Waals surface area contributed by atoms with E-state index in [4.69, 9.17) is 23.1 Å². The summed E-state index contributed by atoms with van der Waals surface area (Å²) in [5.41, 5.74) is 12.2. The molecule has 0 fully saturated rings. The molecule has 2 aromatic heterocycles. The molecule has 0 radical (unpaired) electrons. The van der Waals surface area contributed by atoms with Crippen LogP contribution in [0.5, 0.6) is 0 Å². The third-order valence-corrected chi connectivity index (χ3v) is 2.42. The van der Waals surface area contributed by atoms with Crippen molar-refractivity contribution in [3.05, 3.63) is 52.9 Å². The first kappa shape index (κ1) is 13.0. The van der Waals surface area contributed by atoms with Crippen LogP contribution in [-0.2, 0) is 0 Å². The summed E-state index contributed by atoms with van der Waals surface area (Å²) in [5, 5.41) is 0.509. The van der Waals surface area contributed by atoms with E-state index in [2.05, 4.69) is 15.0 Å². The first-order valence-corrected chi connectivity index (χ1v) is 5.87. The van der Waals surface area contributed by atoms with E-state index >= 15 is 0 Å². The number of aliphatic imine (C=N–C) groups is 1. The van der Waals surface area contributed by atoms with Gasteiger partial charge in [-0.3, -0.25) is 4.98 Å². The average molecular weight is 274 g/mol. The first-order chi connectivity index (χ1) is 9.15. The molecule has 4 N–H and O–H groups in total. The van der Waals surface area contributed by atoms with Gasteiger partial charge in [0.25, 0.3) is 0 Å². The Bertz CT molecular complexity index is 618. The van der Waals surface area contributed by atoms with Crippen LogP contribution in [0.1, 0.15) is 11.3 Å². The van der Waals surface area contributed by atoms with E-state index < -0.39 is 0 Å². The van der Waals surface area contributed by atoms with Gasteiger partial charge in [0.1, 0.15) is 0 Å². The van der Waals surface area contributed by atoms with Crippen molar-refractivity contribution in [2.75, 3.05) is 0 Å². The number of halogens is 1. The van der Waals surface area contributed by atoms with Gasteiger partial charge in [-0.05, 0) is 30.4 Å². The predicted molar refractivity (Wildman–Crippen MR) is 77.9 cm³/mol. The quantitative estimate of drug-likeness (QED) is 0.663. The Hall–Kier alpha value is -2.40. The van der Waals surface area contributed by atoms with E-state index in [-0.39, 0.29) is 5.96 Å². The van der Waals surface area contributed by atoms with Crippen LogP contribution in [0, 0.1) is 0 Å². The van der Waals surface area contributed by atoms with Crippen molar-refractivity contribution < 1.29 is 0 Å². The maximum atomic E-state index is 5.91. The van der Waals surface area contributed by atoms with E-state index in [1.54, 1.807) is 12.3 Å². The standard InChI is InChI=1S/C13H12ClN5/c14-10-7-9(12(18-8-10)19-13(15)16)4-5-11-3-1-2-6-17-11/h1-8H,(H4,15,16,18,19)/b5-4+. The first-order valence-electron chi connectivity index (χ1n) is 5.49. The minimum atomic E-state index is -0.0534. The Morgan fingerprint density at radius 1 is 1.21 bits per heavy atom. The highest BCUT2D eigenvalue weighted by Gasteiger charge is 2.01. The van der Waals surface area contributed by atoms with Gasteiger partial charge < -0.3 is 11.5 Å². The molecular formula is C13H12ClN5. The van der Waals surface area contributed by atoms with E-state index in [0.717, 1.165) is 5.69 Å². The van der Waals surface area contributed by atoms with Crippen LogP contribution in [0.2, 0.25) is 5.02 Å². The number of rotatable bonds is 3. The van der Waals surface area contributed by atoms with Crippen LogP contribution in [0.3, 0.4) is 0 Å². The van der Waals surface area contributed by atoms with Crippen LogP contribution in [0.4, 0.5) is 5.82 Å². The number of nitrogens with two attached hydrogens (primary N) is 2. The highest BCUT2D eigenvalue weighted by Crippen LogP contribution is 2.22. The highest BCUT2D eigenvalue weighted by atomic mass is 35.5. The molecule has 5 nitrogen and oxygen atoms in total. The lowest BCUT2D eigenvalue weighted by atomic mass is 10.2. The lowest BCUT2D eigenvalue weighted by Gasteiger charge is -2.01. The molecule has 0 spiro atoms. The number of aromatic nitrogens is 2. The molecule has 2 rings (SSSR count). The second-order valence-electron chi connectivity index (χ2n) is 3.69. The van der Waals surface area contributed by atoms with E-state index in [1.807, 2.05) is 30.4 Å². The van der Waals surface area contributed by atoms with Crippen LogP contribution in [-0.4, -0.2) is 15.9 Å². The Kier molecular flexibility index (Phi) is 4.10. The zero-order chi connectivity index (χ0) is 13.7. The molecule has 19 heavy (non-hydrogen) atoms. The van der Waals surface area contributed by atoms with Gasteiger partial charge in [0, 0.05) is 18.0 Å². The average Bonchev–Trinajstić information content (AvgIpc) is 2.40. The van der Waals surface area contributed by atoms with Gasteiger partial charge in [-0.2, -0.15) is 4.99 Å². The third-order valence-electron chi connectivity index (χ3n) is 2.22. The van der Waals surface area contributed by atoms with Crippen LogP contribution in [0.25, 0.3) is 12.2 Å². The molecule has 0 aliphatic carbocycles. The Labute approximate surface area is 115 Å². The molecule has 96 valence electrons. The van der Waals surface area contributed by atoms with Gasteiger partial charge in [0.05, 0.1) is 10.7 Å². The monoisotopic (exact) mass is 273 g/mol. The van der Waals surface area contributed by atoms with Crippen molar-refractivity contribution in [3.63, 3.8) is 0 Å². The van der Waals surface area contributed by atoms with Crippen molar-refractivity contribution in [1.29, 1.82) is 0 Å². The molecule has 0 aliphatic heterocycles. The molecule has 0 aliphatic rings. The second-order valence-corrected chi connectivity index (χ2v) is 4.13. The van der Waals surface area contributed by atoms with E-state index in [9.17, 15) is 0 Å². The van der Waals surface area contributed by atoms with Gasteiger partial charge in [-0.15, -0.1) is 0 Å². The molecule has 0 saturated heterocycles. The van der Waals surface area contributed by atoms with Gasteiger partial charge in [0.2, 0.25) is 0 Å². The summed E-state index contributed by atoms with van der Waals surface area (Å²) < 4.78 is 0. The van der Waals surface area contributed by atoms with Crippen molar-refractivity contribution in [2.45, 2.75) is 0 Å². The van der Waals surface area contributed by atoms with Gasteiger partial charge in [0.15, 0.2) is 11.8 Å². The zero-order valence-electron chi connectivity index (χ0n) is 9.99. The number of pyridine rings is 2. The van der Waals surface area contributed by atoms with Crippen LogP contribution in [0.15, 0.2) is 41.7 Å². The predicted octanol–water partition coefficient (Wildman–Crippen LogP) is 2.21. The van der Waals surface area contributed by atoms with Crippen LogP contribution < -0.4 is 11.5 Å². The summed E-state index contributed by atoms with van der Waals surface area (Å²) in [6, 6.07) is 7.37. The van der Waals surface area contributed by atoms with E-state index in [1.165, 1.54) is 6.20 Å². The van der Waals surface area contributed by atoms with Gasteiger partial charge in [-0.25, -0.2) is 4.98 Å². The second kappa shape index (κ2) is 5.97. The SMILES string of the molecule is NC(N)=Nc1ncc(Cl)cc1/C=C/c1ccccn1. The van der Waals surface area contributed by atoms with Crippen molar-refractivity contribution in [2.24, 2.45) is 16.5 Å². The van der Waals surface area contributed by atoms with Crippen molar-refractivity contribution in [3.8, 4) is 0 Å². The summed E-state index contributed by atoms with van der Waals surface area (Å²) >= 11 is 5.91. The topological polar surface area (TPSA) is 90.2 Å². The largest absolute Gasteiger partial charge is 0.370 e. The molecule has 0 aromatic carbocycles. The minimum absolute atomic E-state index is 0.0534. The number of hydrogen-bond donors (Lipinski definition) is 2. The van der Waals surface area contributed by atoms with Crippen molar-refractivity contribution >= 4 is 35.5 Å². The van der Waals surface area contributed by atoms with E-state index in [0.29, 0.717) is 16.4 Å². The minimum Gasteiger partial charge on any atom is -0.370 e. The molecule has 0 saturated carbocycles. The van der Waals surface area contributed by atoms with Gasteiger partial charge in [-0.1, -0.05) is 17.7 Å². The number of nitrogens with zero attached hydrogens (tertiary/aromatic N) is 3. The fraction of sp³-hybridized carbons (Fsp3) is 0. The summed E-state index contributed by atoms with van der Waals surface area (Å²) in [6.07, 6.45) is 6.84. The summed E-state index contributed by atoms with van der Waals surface area (Å²) in [4.78, 5) is 12.2. The fourth-order valence-corrected chi connectivity index (χ4v) is 1.60. The smallest absolute Gasteiger partial charge is 0.192 e. The maximum Gasteiger partial charge on any atom is 0.192 e. The Balaban J connectivity index is 2.36. The maximum absolute atomic E-state index is 5.91. The van der Waals surface area contributed by atoms with Crippen LogP contribution >= 0.6 is 11.6 Å². The molecule has 0 amide bonds. The summed E-state index contributed by atoms with van der Waals surface area (Å²) in [5.74, 6) is 0.360. The summed E-state index contributed by atoms with van der Waals surface area (Å²) in [7, 11) is 0. The molecule has 2 aromatic rings. The lowest BCUT2D eigenvalue weighted by molar-refractivity contribution is 1.25. The fourth-order valence-electron chi connectivity index (χ4n) is 1.44. The number of hydrogen-bond acceptors (Lipinski definition) is 3. The van der Waals surface area contributed by atoms with Gasteiger partial charge >= 0.3 is 0 Å². The Morgan fingerprint density at radius 2 is 2.05 bits per heavy atom. The Morgan fingerprint density at radius 3 is 2.74 bits per heavy atom. The zero-order valence-corrected chi connectivity index (χ0v) is 10.7. The molecule has 2 heterocycles.